The summed E-state index contributed by atoms with van der Waals surface area (Å²) in [5.41, 5.74) is -0.833. The molecule has 0 fully saturated rings. The highest BCUT2D eigenvalue weighted by Gasteiger charge is 2.36. The van der Waals surface area contributed by atoms with Gasteiger partial charge in [0.1, 0.15) is 5.56 Å². The first kappa shape index (κ1) is 15.1. The van der Waals surface area contributed by atoms with Gasteiger partial charge in [0.15, 0.2) is 11.5 Å². The van der Waals surface area contributed by atoms with Gasteiger partial charge in [-0.25, -0.2) is 0 Å². The summed E-state index contributed by atoms with van der Waals surface area (Å²) < 4.78 is 42.5. The Labute approximate surface area is 107 Å². The van der Waals surface area contributed by atoms with Crippen LogP contribution in [0.1, 0.15) is 24.0 Å². The maximum Gasteiger partial charge on any atom is 0.420 e. The molecule has 19 heavy (non-hydrogen) atoms. The minimum absolute atomic E-state index is 0.122. The van der Waals surface area contributed by atoms with Gasteiger partial charge in [-0.1, -0.05) is 6.07 Å². The number of ether oxygens (including phenoxy) is 1. The van der Waals surface area contributed by atoms with E-state index in [1.807, 2.05) is 0 Å². The lowest BCUT2D eigenvalue weighted by molar-refractivity contribution is -0.139. The summed E-state index contributed by atoms with van der Waals surface area (Å²) in [7, 11) is 1.03. The highest BCUT2D eigenvalue weighted by Crippen LogP contribution is 2.42. The molecule has 0 spiro atoms. The summed E-state index contributed by atoms with van der Waals surface area (Å²) in [6, 6.07) is 1.94. The fraction of sp³-hybridized carbons (Fsp3) is 0.417. The Hall–Kier alpha value is -1.92. The van der Waals surface area contributed by atoms with Crippen LogP contribution in [0.5, 0.6) is 11.5 Å². The fourth-order valence-corrected chi connectivity index (χ4v) is 1.67. The highest BCUT2D eigenvalue weighted by atomic mass is 19.4. The molecule has 4 nitrogen and oxygen atoms in total. The van der Waals surface area contributed by atoms with Gasteiger partial charge in [-0.3, -0.25) is 4.79 Å². The Balaban J connectivity index is 3.01. The van der Waals surface area contributed by atoms with E-state index in [0.717, 1.165) is 19.2 Å². The van der Waals surface area contributed by atoms with E-state index in [2.05, 4.69) is 4.74 Å². The smallest absolute Gasteiger partial charge is 0.420 e. The van der Waals surface area contributed by atoms with Crippen molar-refractivity contribution in [2.45, 2.75) is 25.4 Å². The first-order valence-corrected chi connectivity index (χ1v) is 5.45. The van der Waals surface area contributed by atoms with Crippen molar-refractivity contribution >= 4 is 5.97 Å². The number of carbonyl (C=O) groups is 1. The van der Waals surface area contributed by atoms with Gasteiger partial charge in [0.25, 0.3) is 0 Å². The van der Waals surface area contributed by atoms with Crippen LogP contribution < -0.4 is 4.74 Å². The molecule has 0 aliphatic rings. The zero-order chi connectivity index (χ0) is 14.6. The molecular formula is C12H13F3O4. The lowest BCUT2D eigenvalue weighted by Gasteiger charge is -2.15. The van der Waals surface area contributed by atoms with Gasteiger partial charge in [-0.2, -0.15) is 13.2 Å². The molecule has 1 rings (SSSR count). The van der Waals surface area contributed by atoms with Crippen molar-refractivity contribution in [3.8, 4) is 11.5 Å². The normalized spacial score (nSPS) is 11.4. The van der Waals surface area contributed by atoms with Crippen LogP contribution in [-0.2, 0) is 17.4 Å². The summed E-state index contributed by atoms with van der Waals surface area (Å²) in [5, 5.41) is 18.2. The van der Waals surface area contributed by atoms with E-state index in [9.17, 15) is 23.1 Å². The number of phenols is 1. The van der Waals surface area contributed by atoms with Crippen LogP contribution >= 0.6 is 0 Å². The largest absolute Gasteiger partial charge is 0.504 e. The Morgan fingerprint density at radius 3 is 2.47 bits per heavy atom. The minimum atomic E-state index is -4.62. The number of methoxy groups -OCH3 is 1. The number of aryl methyl sites for hydroxylation is 1. The second-order valence-electron chi connectivity index (χ2n) is 3.90. The average Bonchev–Trinajstić information content (AvgIpc) is 2.29. The Bertz CT molecular complexity index is 469. The molecule has 1 aromatic carbocycles. The molecule has 1 aromatic rings. The number of hydrogen-bond donors (Lipinski definition) is 2. The third kappa shape index (κ3) is 3.77. The van der Waals surface area contributed by atoms with E-state index in [0.29, 0.717) is 0 Å². The number of carboxylic acids is 1. The van der Waals surface area contributed by atoms with E-state index in [1.165, 1.54) is 0 Å². The van der Waals surface area contributed by atoms with Crippen LogP contribution in [0.4, 0.5) is 13.2 Å². The number of aromatic hydroxyl groups is 1. The molecule has 7 heteroatoms. The molecule has 106 valence electrons. The molecule has 0 amide bonds. The van der Waals surface area contributed by atoms with Crippen molar-refractivity contribution in [3.05, 3.63) is 23.3 Å². The predicted octanol–water partition coefficient (Wildman–Crippen LogP) is 2.83. The summed E-state index contributed by atoms with van der Waals surface area (Å²) in [5.74, 6) is -2.23. The van der Waals surface area contributed by atoms with Gasteiger partial charge in [0.05, 0.1) is 7.11 Å². The molecular weight excluding hydrogens is 265 g/mol. The van der Waals surface area contributed by atoms with Gasteiger partial charge in [-0.15, -0.1) is 0 Å². The van der Waals surface area contributed by atoms with Crippen molar-refractivity contribution < 1.29 is 32.9 Å². The van der Waals surface area contributed by atoms with Gasteiger partial charge in [0.2, 0.25) is 0 Å². The van der Waals surface area contributed by atoms with E-state index in [1.54, 1.807) is 0 Å². The van der Waals surface area contributed by atoms with Crippen LogP contribution in [0.2, 0.25) is 0 Å². The summed E-state index contributed by atoms with van der Waals surface area (Å²) in [6.45, 7) is 0. The van der Waals surface area contributed by atoms with Crippen molar-refractivity contribution in [2.24, 2.45) is 0 Å². The number of aliphatic carboxylic acids is 1. The molecule has 0 radical (unpaired) electrons. The number of rotatable bonds is 5. The maximum atomic E-state index is 12.6. The van der Waals surface area contributed by atoms with Crippen LogP contribution in [0.15, 0.2) is 12.1 Å². The standard InChI is InChI=1S/C12H13F3O4/c1-19-11-8(12(13,14)15)6-5-7(10(11)18)3-2-4-9(16)17/h5-6,18H,2-4H2,1H3,(H,16,17). The van der Waals surface area contributed by atoms with Crippen molar-refractivity contribution in [3.63, 3.8) is 0 Å². The first-order chi connectivity index (χ1) is 8.77. The monoisotopic (exact) mass is 278 g/mol. The maximum absolute atomic E-state index is 12.6. The second-order valence-corrected chi connectivity index (χ2v) is 3.90. The van der Waals surface area contributed by atoms with Crippen molar-refractivity contribution in [1.82, 2.24) is 0 Å². The SMILES string of the molecule is COc1c(C(F)(F)F)ccc(CCCC(=O)O)c1O. The second kappa shape index (κ2) is 5.81. The van der Waals surface area contributed by atoms with E-state index < -0.39 is 29.2 Å². The topological polar surface area (TPSA) is 66.8 Å². The third-order valence-electron chi connectivity index (χ3n) is 2.56. The molecule has 0 saturated carbocycles. The van der Waals surface area contributed by atoms with Crippen molar-refractivity contribution in [1.29, 1.82) is 0 Å². The lowest BCUT2D eigenvalue weighted by Crippen LogP contribution is -2.08. The van der Waals surface area contributed by atoms with Crippen LogP contribution in [0.25, 0.3) is 0 Å². The van der Waals surface area contributed by atoms with Crippen LogP contribution in [0.3, 0.4) is 0 Å². The number of phenolic OH excluding ortho intramolecular Hbond substituents is 1. The molecule has 0 heterocycles. The fourth-order valence-electron chi connectivity index (χ4n) is 1.67. The van der Waals surface area contributed by atoms with Crippen LogP contribution in [-0.4, -0.2) is 23.3 Å². The third-order valence-corrected chi connectivity index (χ3v) is 2.56. The zero-order valence-corrected chi connectivity index (χ0v) is 10.1. The molecule has 0 aromatic heterocycles. The average molecular weight is 278 g/mol. The zero-order valence-electron chi connectivity index (χ0n) is 10.1. The summed E-state index contributed by atoms with van der Waals surface area (Å²) in [4.78, 5) is 10.3. The molecule has 0 saturated heterocycles. The quantitative estimate of drug-likeness (QED) is 0.869. The number of carboxylic acid groups (broad SMARTS) is 1. The highest BCUT2D eigenvalue weighted by molar-refractivity contribution is 5.66. The predicted molar refractivity (Wildman–Crippen MR) is 60.2 cm³/mol. The van der Waals surface area contributed by atoms with E-state index in [-0.39, 0.29) is 24.8 Å². The first-order valence-electron chi connectivity index (χ1n) is 5.45. The Morgan fingerprint density at radius 1 is 1.37 bits per heavy atom. The van der Waals surface area contributed by atoms with Gasteiger partial charge in [0, 0.05) is 6.42 Å². The lowest BCUT2D eigenvalue weighted by atomic mass is 10.0. The number of alkyl halides is 3. The number of halogens is 3. The van der Waals surface area contributed by atoms with Gasteiger partial charge < -0.3 is 14.9 Å². The summed E-state index contributed by atoms with van der Waals surface area (Å²) >= 11 is 0. The Morgan fingerprint density at radius 2 is 2.00 bits per heavy atom. The van der Waals surface area contributed by atoms with E-state index in [4.69, 9.17) is 5.11 Å². The number of benzene rings is 1. The van der Waals surface area contributed by atoms with E-state index >= 15 is 0 Å². The molecule has 0 bridgehead atoms. The molecule has 0 aliphatic carbocycles. The minimum Gasteiger partial charge on any atom is -0.504 e. The van der Waals surface area contributed by atoms with Crippen LogP contribution in [0, 0.1) is 0 Å². The summed E-state index contributed by atoms with van der Waals surface area (Å²) in [6.07, 6.45) is -4.37. The molecule has 0 aliphatic heterocycles. The molecule has 0 atom stereocenters. The number of hydrogen-bond acceptors (Lipinski definition) is 3. The van der Waals surface area contributed by atoms with Gasteiger partial charge >= 0.3 is 12.1 Å². The molecule has 0 unspecified atom stereocenters. The van der Waals surface area contributed by atoms with Crippen molar-refractivity contribution in [2.75, 3.05) is 7.11 Å². The molecule has 2 N–H and O–H groups in total. The Kier molecular flexibility index (Phi) is 4.63. The van der Waals surface area contributed by atoms with Gasteiger partial charge in [-0.05, 0) is 24.5 Å².